The van der Waals surface area contributed by atoms with Crippen molar-refractivity contribution in [3.05, 3.63) is 64.2 Å². The van der Waals surface area contributed by atoms with Gasteiger partial charge in [-0.15, -0.1) is 0 Å². The summed E-state index contributed by atoms with van der Waals surface area (Å²) in [5.74, 6) is 1.02. The maximum atomic E-state index is 6.36. The molecule has 1 atom stereocenters. The summed E-state index contributed by atoms with van der Waals surface area (Å²) >= 11 is 6.36. The van der Waals surface area contributed by atoms with Gasteiger partial charge in [0.15, 0.2) is 0 Å². The molecule has 0 saturated heterocycles. The molecule has 0 fully saturated rings. The minimum absolute atomic E-state index is 0.125. The number of rotatable bonds is 4. The highest BCUT2D eigenvalue weighted by Crippen LogP contribution is 2.32. The Balaban J connectivity index is 2.01. The summed E-state index contributed by atoms with van der Waals surface area (Å²) in [7, 11) is 0. The van der Waals surface area contributed by atoms with E-state index in [9.17, 15) is 0 Å². The number of hydrogen-bond acceptors (Lipinski definition) is 2. The molecule has 104 valence electrons. The lowest BCUT2D eigenvalue weighted by molar-refractivity contribution is 0.357. The van der Waals surface area contributed by atoms with Gasteiger partial charge < -0.3 is 10.1 Å². The van der Waals surface area contributed by atoms with Gasteiger partial charge in [0.25, 0.3) is 0 Å². The summed E-state index contributed by atoms with van der Waals surface area (Å²) in [6.07, 6.45) is 0.991. The molecule has 3 heteroatoms. The van der Waals surface area contributed by atoms with Crippen molar-refractivity contribution in [2.24, 2.45) is 0 Å². The van der Waals surface area contributed by atoms with Crippen LogP contribution in [0.15, 0.2) is 42.5 Å². The average molecular weight is 288 g/mol. The third-order valence-electron chi connectivity index (χ3n) is 3.67. The number of ether oxygens (including phenoxy) is 1. The average Bonchev–Trinajstić information content (AvgIpc) is 2.93. The Labute approximate surface area is 124 Å². The van der Waals surface area contributed by atoms with Crippen molar-refractivity contribution < 1.29 is 4.74 Å². The first-order chi connectivity index (χ1) is 9.79. The lowest BCUT2D eigenvalue weighted by Gasteiger charge is -2.20. The van der Waals surface area contributed by atoms with Gasteiger partial charge in [-0.3, -0.25) is 0 Å². The van der Waals surface area contributed by atoms with Gasteiger partial charge in [-0.05, 0) is 35.4 Å². The number of benzene rings is 2. The quantitative estimate of drug-likeness (QED) is 0.918. The molecule has 0 amide bonds. The molecule has 0 saturated carbocycles. The first-order valence-electron chi connectivity index (χ1n) is 7.03. The highest BCUT2D eigenvalue weighted by molar-refractivity contribution is 6.31. The van der Waals surface area contributed by atoms with E-state index in [4.69, 9.17) is 16.3 Å². The lowest BCUT2D eigenvalue weighted by atomic mass is 9.96. The summed E-state index contributed by atoms with van der Waals surface area (Å²) in [6.45, 7) is 3.79. The molecule has 1 aliphatic heterocycles. The van der Waals surface area contributed by atoms with Gasteiger partial charge in [-0.2, -0.15) is 0 Å². The highest BCUT2D eigenvalue weighted by Gasteiger charge is 2.19. The van der Waals surface area contributed by atoms with E-state index in [0.29, 0.717) is 0 Å². The Morgan fingerprint density at radius 2 is 2.10 bits per heavy atom. The van der Waals surface area contributed by atoms with Gasteiger partial charge in [0.2, 0.25) is 0 Å². The van der Waals surface area contributed by atoms with Gasteiger partial charge in [-0.25, -0.2) is 0 Å². The van der Waals surface area contributed by atoms with E-state index in [1.807, 2.05) is 18.2 Å². The molecule has 1 aliphatic rings. The van der Waals surface area contributed by atoms with Crippen LogP contribution in [0.3, 0.4) is 0 Å². The van der Waals surface area contributed by atoms with Gasteiger partial charge in [-0.1, -0.05) is 48.9 Å². The highest BCUT2D eigenvalue weighted by atomic mass is 35.5. The smallest absolute Gasteiger partial charge is 0.122 e. The van der Waals surface area contributed by atoms with E-state index in [-0.39, 0.29) is 6.04 Å². The van der Waals surface area contributed by atoms with E-state index in [1.54, 1.807) is 0 Å². The molecule has 1 unspecified atom stereocenters. The summed E-state index contributed by atoms with van der Waals surface area (Å²) < 4.78 is 5.58. The summed E-state index contributed by atoms with van der Waals surface area (Å²) in [4.78, 5) is 0. The van der Waals surface area contributed by atoms with E-state index >= 15 is 0 Å². The molecule has 3 rings (SSSR count). The van der Waals surface area contributed by atoms with Crippen molar-refractivity contribution in [2.45, 2.75) is 19.4 Å². The second-order valence-corrected chi connectivity index (χ2v) is 5.39. The lowest BCUT2D eigenvalue weighted by Crippen LogP contribution is -2.22. The predicted octanol–water partition coefficient (Wildman–Crippen LogP) is 3.97. The van der Waals surface area contributed by atoms with Gasteiger partial charge in [0.1, 0.15) is 5.75 Å². The Morgan fingerprint density at radius 3 is 2.90 bits per heavy atom. The Morgan fingerprint density at radius 1 is 1.25 bits per heavy atom. The van der Waals surface area contributed by atoms with Crippen LogP contribution in [0.1, 0.15) is 29.7 Å². The molecule has 20 heavy (non-hydrogen) atoms. The summed E-state index contributed by atoms with van der Waals surface area (Å²) in [6, 6.07) is 14.6. The van der Waals surface area contributed by atoms with Crippen LogP contribution in [0.25, 0.3) is 0 Å². The van der Waals surface area contributed by atoms with Crippen molar-refractivity contribution >= 4 is 11.6 Å². The summed E-state index contributed by atoms with van der Waals surface area (Å²) in [5, 5.41) is 4.32. The topological polar surface area (TPSA) is 21.3 Å². The van der Waals surface area contributed by atoms with Crippen molar-refractivity contribution in [3.63, 3.8) is 0 Å². The molecule has 0 aromatic heterocycles. The second kappa shape index (κ2) is 5.86. The van der Waals surface area contributed by atoms with Crippen LogP contribution >= 0.6 is 11.6 Å². The molecule has 2 nitrogen and oxygen atoms in total. The van der Waals surface area contributed by atoms with E-state index < -0.39 is 0 Å². The van der Waals surface area contributed by atoms with Gasteiger partial charge in [0.05, 0.1) is 12.6 Å². The predicted molar refractivity (Wildman–Crippen MR) is 82.6 cm³/mol. The fourth-order valence-electron chi connectivity index (χ4n) is 2.71. The zero-order chi connectivity index (χ0) is 13.9. The Kier molecular flexibility index (Phi) is 3.95. The molecule has 2 aromatic carbocycles. The van der Waals surface area contributed by atoms with Crippen molar-refractivity contribution in [1.29, 1.82) is 0 Å². The molecular weight excluding hydrogens is 270 g/mol. The van der Waals surface area contributed by atoms with Crippen LogP contribution in [0.2, 0.25) is 5.02 Å². The fraction of sp³-hybridized carbons (Fsp3) is 0.294. The standard InChI is InChI=1S/C17H18ClNO/c1-2-19-17(14-5-3-4-6-15(14)18)13-7-8-16-12(11-13)9-10-20-16/h3-8,11,17,19H,2,9-10H2,1H3. The van der Waals surface area contributed by atoms with Crippen LogP contribution in [-0.2, 0) is 6.42 Å². The van der Waals surface area contributed by atoms with Gasteiger partial charge in [0, 0.05) is 11.4 Å². The number of hydrogen-bond donors (Lipinski definition) is 1. The second-order valence-electron chi connectivity index (χ2n) is 4.98. The minimum atomic E-state index is 0.125. The molecule has 0 bridgehead atoms. The van der Waals surface area contributed by atoms with Crippen LogP contribution in [0.4, 0.5) is 0 Å². The molecule has 1 N–H and O–H groups in total. The molecule has 0 spiro atoms. The maximum Gasteiger partial charge on any atom is 0.122 e. The number of fused-ring (bicyclic) bond motifs is 1. The van der Waals surface area contributed by atoms with Crippen LogP contribution in [0, 0.1) is 0 Å². The molecule has 2 aromatic rings. The fourth-order valence-corrected chi connectivity index (χ4v) is 2.95. The zero-order valence-electron chi connectivity index (χ0n) is 11.5. The monoisotopic (exact) mass is 287 g/mol. The maximum absolute atomic E-state index is 6.36. The number of halogens is 1. The summed E-state index contributed by atoms with van der Waals surface area (Å²) in [5.41, 5.74) is 3.65. The zero-order valence-corrected chi connectivity index (χ0v) is 12.3. The largest absolute Gasteiger partial charge is 0.493 e. The van der Waals surface area contributed by atoms with E-state index in [1.165, 1.54) is 11.1 Å². The minimum Gasteiger partial charge on any atom is -0.493 e. The van der Waals surface area contributed by atoms with E-state index in [0.717, 1.165) is 35.9 Å². The normalized spacial score (nSPS) is 14.7. The molecule has 1 heterocycles. The SMILES string of the molecule is CCNC(c1ccc2c(c1)CCO2)c1ccccc1Cl. The van der Waals surface area contributed by atoms with Crippen LogP contribution < -0.4 is 10.1 Å². The third kappa shape index (κ3) is 2.54. The molecule has 0 radical (unpaired) electrons. The van der Waals surface area contributed by atoms with Crippen molar-refractivity contribution in [2.75, 3.05) is 13.2 Å². The molecule has 0 aliphatic carbocycles. The Hall–Kier alpha value is -1.51. The van der Waals surface area contributed by atoms with Crippen molar-refractivity contribution in [3.8, 4) is 5.75 Å². The molecular formula is C17H18ClNO. The number of nitrogens with one attached hydrogen (secondary N) is 1. The van der Waals surface area contributed by atoms with Gasteiger partial charge >= 0.3 is 0 Å². The third-order valence-corrected chi connectivity index (χ3v) is 4.02. The van der Waals surface area contributed by atoms with Crippen LogP contribution in [0.5, 0.6) is 5.75 Å². The Bertz CT molecular complexity index is 612. The first-order valence-corrected chi connectivity index (χ1v) is 7.41. The van der Waals surface area contributed by atoms with E-state index in [2.05, 4.69) is 36.5 Å². The van der Waals surface area contributed by atoms with Crippen LogP contribution in [-0.4, -0.2) is 13.2 Å². The first kappa shape index (κ1) is 13.5. The van der Waals surface area contributed by atoms with Crippen molar-refractivity contribution in [1.82, 2.24) is 5.32 Å².